The first kappa shape index (κ1) is 42.4. The number of unbranched alkanes of at least 4 members (excludes halogenated alkanes) is 9. The lowest BCUT2D eigenvalue weighted by molar-refractivity contribution is 0.311. The molecule has 0 saturated carbocycles. The Bertz CT molecular complexity index is 4040. The molecule has 12 aromatic carbocycles. The molecule has 1 aromatic heterocycles. The predicted octanol–water partition coefficient (Wildman–Crippen LogP) is 20.4. The predicted molar refractivity (Wildman–Crippen MR) is 302 cm³/mol. The first-order valence-corrected chi connectivity index (χ1v) is 25.9. The molecule has 0 saturated heterocycles. The van der Waals surface area contributed by atoms with Crippen LogP contribution in [0.5, 0.6) is 5.75 Å². The lowest BCUT2D eigenvalue weighted by Crippen LogP contribution is -2.00. The van der Waals surface area contributed by atoms with Gasteiger partial charge < -0.3 is 9.15 Å². The summed E-state index contributed by atoms with van der Waals surface area (Å²) >= 11 is 0. The molecule has 2 nitrogen and oxygen atoms in total. The Hall–Kier alpha value is -7.68. The fourth-order valence-electron chi connectivity index (χ4n) is 12.0. The summed E-state index contributed by atoms with van der Waals surface area (Å²) < 4.78 is 13.8. The third-order valence-corrected chi connectivity index (χ3v) is 15.4. The molecule has 0 amide bonds. The highest BCUT2D eigenvalue weighted by Gasteiger charge is 2.23. The van der Waals surface area contributed by atoms with Gasteiger partial charge in [0.25, 0.3) is 0 Å². The van der Waals surface area contributed by atoms with Crippen molar-refractivity contribution in [3.8, 4) is 28.0 Å². The SMILES string of the molecule is CCCCCCCCCCCCOc1c2ccccc2c(-c2c3ccccc3c(-c3ccc4c(c3)oc3cc5c6ccccc6c6cc7ccccc7cc6c5cc34)c3ccccc23)c2ccccc12. The second-order valence-corrected chi connectivity index (χ2v) is 19.7. The van der Waals surface area contributed by atoms with Crippen molar-refractivity contribution >= 4 is 108 Å². The highest BCUT2D eigenvalue weighted by atomic mass is 16.5. The number of hydrogen-bond acceptors (Lipinski definition) is 2. The number of hydrogen-bond donors (Lipinski definition) is 0. The zero-order valence-electron chi connectivity index (χ0n) is 40.0. The lowest BCUT2D eigenvalue weighted by Gasteiger charge is -2.22. The van der Waals surface area contributed by atoms with Crippen molar-refractivity contribution < 1.29 is 9.15 Å². The molecule has 13 rings (SSSR count). The van der Waals surface area contributed by atoms with Gasteiger partial charge in [-0.05, 0) is 140 Å². The third-order valence-electron chi connectivity index (χ3n) is 15.4. The summed E-state index contributed by atoms with van der Waals surface area (Å²) in [5, 5.41) is 22.0. The Morgan fingerprint density at radius 2 is 0.700 bits per heavy atom. The normalized spacial score (nSPS) is 12.1. The van der Waals surface area contributed by atoms with E-state index in [1.807, 2.05) is 0 Å². The second kappa shape index (κ2) is 18.0. The summed E-state index contributed by atoms with van der Waals surface area (Å²) in [5.41, 5.74) is 6.67. The van der Waals surface area contributed by atoms with E-state index in [9.17, 15) is 0 Å². The van der Waals surface area contributed by atoms with Crippen molar-refractivity contribution in [2.45, 2.75) is 71.1 Å². The van der Waals surface area contributed by atoms with Gasteiger partial charge in [-0.2, -0.15) is 0 Å². The molecule has 0 aliphatic rings. The van der Waals surface area contributed by atoms with Crippen LogP contribution in [0.2, 0.25) is 0 Å². The summed E-state index contributed by atoms with van der Waals surface area (Å²) in [7, 11) is 0. The number of fused-ring (bicyclic) bond motifs is 14. The van der Waals surface area contributed by atoms with Crippen molar-refractivity contribution in [2.24, 2.45) is 0 Å². The van der Waals surface area contributed by atoms with Crippen LogP contribution in [-0.4, -0.2) is 6.61 Å². The highest BCUT2D eigenvalue weighted by molar-refractivity contribution is 6.31. The summed E-state index contributed by atoms with van der Waals surface area (Å²) in [5.74, 6) is 0.998. The van der Waals surface area contributed by atoms with Crippen molar-refractivity contribution in [3.63, 3.8) is 0 Å². The molecule has 70 heavy (non-hydrogen) atoms. The van der Waals surface area contributed by atoms with Crippen LogP contribution in [0.25, 0.3) is 130 Å². The molecule has 2 heteroatoms. The van der Waals surface area contributed by atoms with Gasteiger partial charge in [-0.15, -0.1) is 0 Å². The van der Waals surface area contributed by atoms with Gasteiger partial charge in [0.1, 0.15) is 16.9 Å². The molecular formula is C68H56O2. The zero-order valence-corrected chi connectivity index (χ0v) is 40.0. The van der Waals surface area contributed by atoms with E-state index in [2.05, 4.69) is 195 Å². The molecule has 0 atom stereocenters. The molecule has 0 radical (unpaired) electrons. The lowest BCUT2D eigenvalue weighted by atomic mass is 9.82. The maximum Gasteiger partial charge on any atom is 0.136 e. The Kier molecular flexibility index (Phi) is 10.9. The van der Waals surface area contributed by atoms with E-state index in [0.29, 0.717) is 0 Å². The van der Waals surface area contributed by atoms with Gasteiger partial charge in [0.15, 0.2) is 0 Å². The van der Waals surface area contributed by atoms with Gasteiger partial charge in [0.2, 0.25) is 0 Å². The number of ether oxygens (including phenoxy) is 1. The van der Waals surface area contributed by atoms with E-state index < -0.39 is 0 Å². The van der Waals surface area contributed by atoms with E-state index in [4.69, 9.17) is 9.15 Å². The van der Waals surface area contributed by atoms with Crippen molar-refractivity contribution in [1.82, 2.24) is 0 Å². The van der Waals surface area contributed by atoms with Gasteiger partial charge >= 0.3 is 0 Å². The minimum absolute atomic E-state index is 0.724. The van der Waals surface area contributed by atoms with Crippen LogP contribution in [0.15, 0.2) is 192 Å². The molecule has 13 aromatic rings. The van der Waals surface area contributed by atoms with Crippen molar-refractivity contribution in [2.75, 3.05) is 6.61 Å². The maximum absolute atomic E-state index is 6.94. The fourth-order valence-corrected chi connectivity index (χ4v) is 12.0. The van der Waals surface area contributed by atoms with Crippen LogP contribution in [0.4, 0.5) is 0 Å². The van der Waals surface area contributed by atoms with Gasteiger partial charge in [-0.3, -0.25) is 0 Å². The third kappa shape index (κ3) is 7.15. The largest absolute Gasteiger partial charge is 0.492 e. The van der Waals surface area contributed by atoms with Crippen LogP contribution in [0, 0.1) is 0 Å². The van der Waals surface area contributed by atoms with E-state index in [0.717, 1.165) is 57.1 Å². The monoisotopic (exact) mass is 904 g/mol. The number of rotatable bonds is 14. The van der Waals surface area contributed by atoms with Gasteiger partial charge in [0.05, 0.1) is 6.61 Å². The van der Waals surface area contributed by atoms with Gasteiger partial charge in [-0.25, -0.2) is 0 Å². The van der Waals surface area contributed by atoms with Gasteiger partial charge in [0, 0.05) is 21.5 Å². The van der Waals surface area contributed by atoms with Crippen LogP contribution in [0.3, 0.4) is 0 Å². The molecule has 0 fully saturated rings. The molecule has 0 unspecified atom stereocenters. The molecular weight excluding hydrogens is 849 g/mol. The van der Waals surface area contributed by atoms with E-state index >= 15 is 0 Å². The summed E-state index contributed by atoms with van der Waals surface area (Å²) in [4.78, 5) is 0. The van der Waals surface area contributed by atoms with Crippen LogP contribution in [-0.2, 0) is 0 Å². The topological polar surface area (TPSA) is 22.4 Å². The molecule has 340 valence electrons. The van der Waals surface area contributed by atoms with Crippen LogP contribution in [0.1, 0.15) is 71.1 Å². The van der Waals surface area contributed by atoms with Crippen molar-refractivity contribution in [3.05, 3.63) is 188 Å². The fraction of sp³-hybridized carbons (Fsp3) is 0.176. The number of furan rings is 1. The first-order chi connectivity index (χ1) is 34.7. The Balaban J connectivity index is 0.931. The minimum Gasteiger partial charge on any atom is -0.492 e. The molecule has 0 aliphatic carbocycles. The summed E-state index contributed by atoms with van der Waals surface area (Å²) in [6, 6.07) is 69.7. The Morgan fingerprint density at radius 1 is 0.300 bits per heavy atom. The molecule has 0 spiro atoms. The van der Waals surface area contributed by atoms with E-state index in [-0.39, 0.29) is 0 Å². The molecule has 0 aliphatic heterocycles. The molecule has 0 N–H and O–H groups in total. The Morgan fingerprint density at radius 3 is 1.24 bits per heavy atom. The summed E-state index contributed by atoms with van der Waals surface area (Å²) in [6.07, 6.45) is 13.1. The van der Waals surface area contributed by atoms with Crippen LogP contribution >= 0.6 is 0 Å². The standard InChI is InChI=1S/C68H56O2/c1-2-3-4-5-6-7-8-9-10-23-38-69-68-56-34-21-19-32-54(56)67(55-33-20-22-35-57(55)68)66-52-30-17-15-28-50(52)65(51-29-16-18-31-53(51)66)46-36-37-49-62-42-60-59-40-45-25-12-11-24-44(45)39-58(59)47-26-13-14-27-48(47)61(60)43-64(62)70-63(49)41-46/h11-22,24-37,39-43H,2-10,23,38H2,1H3. The Labute approximate surface area is 409 Å². The quantitative estimate of drug-likeness (QED) is 0.0616. The molecule has 1 heterocycles. The van der Waals surface area contributed by atoms with E-state index in [1.54, 1.807) is 0 Å². The smallest absolute Gasteiger partial charge is 0.136 e. The highest BCUT2D eigenvalue weighted by Crippen LogP contribution is 2.51. The minimum atomic E-state index is 0.724. The summed E-state index contributed by atoms with van der Waals surface area (Å²) in [6.45, 7) is 3.01. The van der Waals surface area contributed by atoms with Gasteiger partial charge in [-0.1, -0.05) is 216 Å². The van der Waals surface area contributed by atoms with Crippen molar-refractivity contribution in [1.29, 1.82) is 0 Å². The second-order valence-electron chi connectivity index (χ2n) is 19.7. The average molecular weight is 905 g/mol. The zero-order chi connectivity index (χ0) is 46.5. The number of benzene rings is 12. The average Bonchev–Trinajstić information content (AvgIpc) is 3.77. The van der Waals surface area contributed by atoms with E-state index in [1.165, 1.54) is 150 Å². The first-order valence-electron chi connectivity index (χ1n) is 25.9. The van der Waals surface area contributed by atoms with Crippen LogP contribution < -0.4 is 4.74 Å². The maximum atomic E-state index is 6.94. The molecule has 0 bridgehead atoms.